The van der Waals surface area contributed by atoms with Gasteiger partial charge in [-0.05, 0) is 27.5 Å². The lowest BCUT2D eigenvalue weighted by atomic mass is 10.2. The van der Waals surface area contributed by atoms with E-state index < -0.39 is 4.92 Å². The maximum absolute atomic E-state index is 10.5. The minimum absolute atomic E-state index is 0.0829. The van der Waals surface area contributed by atoms with Crippen molar-refractivity contribution in [2.24, 2.45) is 0 Å². The first-order valence-corrected chi connectivity index (χ1v) is 4.99. The molecule has 0 aliphatic heterocycles. The zero-order valence-electron chi connectivity index (χ0n) is 6.23. The lowest BCUT2D eigenvalue weighted by molar-refractivity contribution is -0.384. The topological polar surface area (TPSA) is 56.0 Å². The Kier molecular flexibility index (Phi) is 2.01. The van der Waals surface area contributed by atoms with Crippen molar-refractivity contribution in [1.82, 2.24) is 4.37 Å². The van der Waals surface area contributed by atoms with Crippen molar-refractivity contribution < 1.29 is 4.92 Å². The van der Waals surface area contributed by atoms with Gasteiger partial charge in [0.2, 0.25) is 0 Å². The zero-order valence-corrected chi connectivity index (χ0v) is 8.63. The first-order valence-electron chi connectivity index (χ1n) is 3.36. The van der Waals surface area contributed by atoms with E-state index in [-0.39, 0.29) is 5.69 Å². The van der Waals surface area contributed by atoms with Crippen molar-refractivity contribution in [3.63, 3.8) is 0 Å². The molecule has 1 aromatic carbocycles. The van der Waals surface area contributed by atoms with Gasteiger partial charge in [-0.25, -0.2) is 0 Å². The molecule has 0 atom stereocenters. The van der Waals surface area contributed by atoms with Gasteiger partial charge in [0.25, 0.3) is 5.69 Å². The fraction of sp³-hybridized carbons (Fsp3) is 0. The highest BCUT2D eigenvalue weighted by Crippen LogP contribution is 2.29. The second kappa shape index (κ2) is 3.04. The molecule has 0 saturated carbocycles. The van der Waals surface area contributed by atoms with Crippen molar-refractivity contribution >= 4 is 44.1 Å². The van der Waals surface area contributed by atoms with Gasteiger partial charge in [0, 0.05) is 22.9 Å². The molecule has 6 heteroatoms. The van der Waals surface area contributed by atoms with Crippen LogP contribution in [0.15, 0.2) is 22.0 Å². The fourth-order valence-corrected chi connectivity index (χ4v) is 2.36. The number of halogens is 1. The molecule has 0 aliphatic rings. The van der Waals surface area contributed by atoms with E-state index in [9.17, 15) is 10.1 Å². The highest BCUT2D eigenvalue weighted by atomic mass is 79.9. The molecule has 4 nitrogen and oxygen atoms in total. The third-order valence-electron chi connectivity index (χ3n) is 1.61. The van der Waals surface area contributed by atoms with Crippen LogP contribution in [-0.2, 0) is 0 Å². The Morgan fingerprint density at radius 3 is 3.00 bits per heavy atom. The van der Waals surface area contributed by atoms with E-state index in [0.717, 1.165) is 10.9 Å². The van der Waals surface area contributed by atoms with Crippen LogP contribution in [0.2, 0.25) is 0 Å². The summed E-state index contributed by atoms with van der Waals surface area (Å²) in [6.45, 7) is 0. The molecule has 0 fully saturated rings. The third kappa shape index (κ3) is 1.42. The van der Waals surface area contributed by atoms with E-state index in [2.05, 4.69) is 20.3 Å². The summed E-state index contributed by atoms with van der Waals surface area (Å²) in [5, 5.41) is 13.1. The Morgan fingerprint density at radius 1 is 1.54 bits per heavy atom. The van der Waals surface area contributed by atoms with E-state index in [0.29, 0.717) is 4.47 Å². The van der Waals surface area contributed by atoms with Crippen LogP contribution in [0.4, 0.5) is 5.69 Å². The lowest BCUT2D eigenvalue weighted by Crippen LogP contribution is -1.87. The highest BCUT2D eigenvalue weighted by Gasteiger charge is 2.11. The SMILES string of the molecule is O=[N+]([O-])c1cc(Br)c2nscc2c1. The van der Waals surface area contributed by atoms with Crippen LogP contribution in [-0.4, -0.2) is 9.30 Å². The predicted octanol–water partition coefficient (Wildman–Crippen LogP) is 2.97. The molecule has 0 aliphatic carbocycles. The monoisotopic (exact) mass is 258 g/mol. The van der Waals surface area contributed by atoms with E-state index >= 15 is 0 Å². The molecule has 1 heterocycles. The maximum atomic E-state index is 10.5. The second-order valence-electron chi connectivity index (χ2n) is 2.44. The number of hydrogen-bond acceptors (Lipinski definition) is 4. The van der Waals surface area contributed by atoms with Gasteiger partial charge in [-0.2, -0.15) is 4.37 Å². The smallest absolute Gasteiger partial charge is 0.258 e. The average molecular weight is 259 g/mol. The Labute approximate surface area is 85.6 Å². The number of nitro benzene ring substituents is 1. The van der Waals surface area contributed by atoms with Gasteiger partial charge in [-0.3, -0.25) is 10.1 Å². The first kappa shape index (κ1) is 8.58. The van der Waals surface area contributed by atoms with Crippen LogP contribution < -0.4 is 0 Å². The van der Waals surface area contributed by atoms with Crippen LogP contribution in [0.5, 0.6) is 0 Å². The average Bonchev–Trinajstić information content (AvgIpc) is 2.51. The van der Waals surface area contributed by atoms with Crippen LogP contribution in [0.3, 0.4) is 0 Å². The number of fused-ring (bicyclic) bond motifs is 1. The molecule has 1 aromatic heterocycles. The molecule has 13 heavy (non-hydrogen) atoms. The number of rotatable bonds is 1. The standard InChI is InChI=1S/C7H3BrN2O2S/c8-6-2-5(10(11)12)1-4-3-13-9-7(4)6/h1-3H. The molecule has 2 rings (SSSR count). The van der Waals surface area contributed by atoms with Gasteiger partial charge in [0.15, 0.2) is 0 Å². The minimum Gasteiger partial charge on any atom is -0.258 e. The largest absolute Gasteiger partial charge is 0.271 e. The van der Waals surface area contributed by atoms with Gasteiger partial charge in [0.1, 0.15) is 0 Å². The van der Waals surface area contributed by atoms with Gasteiger partial charge in [-0.15, -0.1) is 0 Å². The molecular formula is C7H3BrN2O2S. The van der Waals surface area contributed by atoms with E-state index in [1.54, 1.807) is 5.38 Å². The van der Waals surface area contributed by atoms with Crippen molar-refractivity contribution in [3.8, 4) is 0 Å². The number of benzene rings is 1. The van der Waals surface area contributed by atoms with Crippen molar-refractivity contribution in [2.75, 3.05) is 0 Å². The molecule has 0 spiro atoms. The fourth-order valence-electron chi connectivity index (χ4n) is 1.03. The number of hydrogen-bond donors (Lipinski definition) is 0. The second-order valence-corrected chi connectivity index (χ2v) is 3.92. The summed E-state index contributed by atoms with van der Waals surface area (Å²) in [6, 6.07) is 2.98. The van der Waals surface area contributed by atoms with Gasteiger partial charge >= 0.3 is 0 Å². The first-order chi connectivity index (χ1) is 6.18. The van der Waals surface area contributed by atoms with E-state index in [1.807, 2.05) is 0 Å². The summed E-state index contributed by atoms with van der Waals surface area (Å²) in [5.41, 5.74) is 0.857. The Morgan fingerprint density at radius 2 is 2.31 bits per heavy atom. The van der Waals surface area contributed by atoms with Crippen molar-refractivity contribution in [1.29, 1.82) is 0 Å². The summed E-state index contributed by atoms with van der Waals surface area (Å²) in [5.74, 6) is 0. The summed E-state index contributed by atoms with van der Waals surface area (Å²) in [6.07, 6.45) is 0. The number of non-ortho nitro benzene ring substituents is 1. The minimum atomic E-state index is -0.415. The van der Waals surface area contributed by atoms with Gasteiger partial charge < -0.3 is 0 Å². The molecule has 0 amide bonds. The molecule has 0 unspecified atom stereocenters. The molecular weight excluding hydrogens is 256 g/mol. The zero-order chi connectivity index (χ0) is 9.42. The Bertz CT molecular complexity index is 482. The van der Waals surface area contributed by atoms with Crippen molar-refractivity contribution in [3.05, 3.63) is 32.1 Å². The summed E-state index contributed by atoms with van der Waals surface area (Å²) >= 11 is 4.52. The van der Waals surface area contributed by atoms with E-state index in [1.165, 1.54) is 23.7 Å². The van der Waals surface area contributed by atoms with Gasteiger partial charge in [-0.1, -0.05) is 0 Å². The number of aromatic nitrogens is 1. The quantitative estimate of drug-likeness (QED) is 0.584. The molecule has 2 aromatic rings. The molecule has 66 valence electrons. The summed E-state index contributed by atoms with van der Waals surface area (Å²) in [7, 11) is 0. The number of nitro groups is 1. The van der Waals surface area contributed by atoms with Crippen LogP contribution in [0.1, 0.15) is 0 Å². The molecule has 0 N–H and O–H groups in total. The Hall–Kier alpha value is -1.01. The molecule has 0 radical (unpaired) electrons. The maximum Gasteiger partial charge on any atom is 0.271 e. The highest BCUT2D eigenvalue weighted by molar-refractivity contribution is 9.10. The number of nitrogens with zero attached hydrogens (tertiary/aromatic N) is 2. The van der Waals surface area contributed by atoms with Crippen LogP contribution in [0.25, 0.3) is 10.9 Å². The predicted molar refractivity (Wildman–Crippen MR) is 54.0 cm³/mol. The summed E-state index contributed by atoms with van der Waals surface area (Å²) in [4.78, 5) is 10.1. The Balaban J connectivity index is 2.77. The van der Waals surface area contributed by atoms with Crippen LogP contribution in [0, 0.1) is 10.1 Å². The van der Waals surface area contributed by atoms with Crippen molar-refractivity contribution in [2.45, 2.75) is 0 Å². The molecule has 0 saturated heterocycles. The third-order valence-corrected chi connectivity index (χ3v) is 2.86. The molecule has 0 bridgehead atoms. The summed E-state index contributed by atoms with van der Waals surface area (Å²) < 4.78 is 4.76. The van der Waals surface area contributed by atoms with Gasteiger partial charge in [0.05, 0.1) is 14.9 Å². The van der Waals surface area contributed by atoms with E-state index in [4.69, 9.17) is 0 Å². The lowest BCUT2D eigenvalue weighted by Gasteiger charge is -1.93. The van der Waals surface area contributed by atoms with Crippen LogP contribution >= 0.6 is 27.5 Å². The normalized spacial score (nSPS) is 10.5.